The second-order valence-corrected chi connectivity index (χ2v) is 6.52. The Morgan fingerprint density at radius 2 is 2.00 bits per heavy atom. The summed E-state index contributed by atoms with van der Waals surface area (Å²) in [5, 5.41) is 16.9. The molecule has 4 aromatic rings. The molecule has 4 rings (SSSR count). The van der Waals surface area contributed by atoms with E-state index in [1.807, 2.05) is 34.8 Å². The van der Waals surface area contributed by atoms with Gasteiger partial charge < -0.3 is 9.88 Å². The molecule has 0 fully saturated rings. The zero-order valence-electron chi connectivity index (χ0n) is 15.0. The van der Waals surface area contributed by atoms with Crippen LogP contribution in [0.5, 0.6) is 0 Å². The average molecular weight is 348 g/mol. The van der Waals surface area contributed by atoms with E-state index in [9.17, 15) is 0 Å². The van der Waals surface area contributed by atoms with Crippen molar-refractivity contribution in [1.82, 2.24) is 34.5 Å². The van der Waals surface area contributed by atoms with Crippen molar-refractivity contribution in [3.05, 3.63) is 48.8 Å². The molecule has 132 valence electrons. The highest BCUT2D eigenvalue weighted by Crippen LogP contribution is 2.20. The molecular weight excluding hydrogens is 328 g/mol. The van der Waals surface area contributed by atoms with Gasteiger partial charge in [-0.1, -0.05) is 0 Å². The lowest BCUT2D eigenvalue weighted by Gasteiger charge is -2.09. The van der Waals surface area contributed by atoms with Crippen molar-refractivity contribution in [2.75, 3.05) is 5.32 Å². The van der Waals surface area contributed by atoms with E-state index in [1.54, 1.807) is 18.7 Å². The van der Waals surface area contributed by atoms with E-state index in [2.05, 4.69) is 50.5 Å². The third-order valence-electron chi connectivity index (χ3n) is 4.18. The predicted molar refractivity (Wildman–Crippen MR) is 99.5 cm³/mol. The van der Waals surface area contributed by atoms with Crippen LogP contribution in [0.3, 0.4) is 0 Å². The normalized spacial score (nSPS) is 11.4. The first-order valence-corrected chi connectivity index (χ1v) is 8.47. The Balaban J connectivity index is 1.52. The number of nitrogens with one attached hydrogen (secondary N) is 1. The highest BCUT2D eigenvalue weighted by molar-refractivity contribution is 5.75. The summed E-state index contributed by atoms with van der Waals surface area (Å²) in [4.78, 5) is 8.86. The summed E-state index contributed by atoms with van der Waals surface area (Å²) in [6, 6.07) is 4.42. The van der Waals surface area contributed by atoms with Crippen molar-refractivity contribution >= 4 is 16.7 Å². The van der Waals surface area contributed by atoms with E-state index in [0.29, 0.717) is 12.6 Å². The third-order valence-corrected chi connectivity index (χ3v) is 4.18. The number of hydrogen-bond donors (Lipinski definition) is 1. The molecule has 4 heterocycles. The van der Waals surface area contributed by atoms with E-state index < -0.39 is 0 Å². The highest BCUT2D eigenvalue weighted by atomic mass is 15.3. The van der Waals surface area contributed by atoms with Gasteiger partial charge in [-0.15, -0.1) is 10.2 Å². The molecule has 8 nitrogen and oxygen atoms in total. The molecule has 0 aliphatic rings. The average Bonchev–Trinajstić information content (AvgIpc) is 3.26. The van der Waals surface area contributed by atoms with Crippen LogP contribution in [0.25, 0.3) is 22.4 Å². The fraction of sp³-hybridized carbons (Fsp3) is 0.278. The minimum Gasteiger partial charge on any atom is -0.380 e. The molecule has 0 saturated heterocycles. The van der Waals surface area contributed by atoms with Crippen LogP contribution in [0.2, 0.25) is 0 Å². The van der Waals surface area contributed by atoms with Gasteiger partial charge in [-0.05, 0) is 31.5 Å². The lowest BCUT2D eigenvalue weighted by atomic mass is 10.2. The van der Waals surface area contributed by atoms with Crippen molar-refractivity contribution in [1.29, 1.82) is 0 Å². The summed E-state index contributed by atoms with van der Waals surface area (Å²) in [6.45, 7) is 4.85. The number of pyridine rings is 2. The Hall–Kier alpha value is -3.29. The molecular formula is C18H20N8. The minimum absolute atomic E-state index is 0.290. The lowest BCUT2D eigenvalue weighted by molar-refractivity contribution is 0.546. The Bertz CT molecular complexity index is 1050. The number of aromatic nitrogens is 7. The topological polar surface area (TPSA) is 86.3 Å². The first-order valence-electron chi connectivity index (χ1n) is 8.47. The van der Waals surface area contributed by atoms with Gasteiger partial charge in [-0.3, -0.25) is 4.98 Å². The van der Waals surface area contributed by atoms with Crippen molar-refractivity contribution < 1.29 is 0 Å². The largest absolute Gasteiger partial charge is 0.380 e. The summed E-state index contributed by atoms with van der Waals surface area (Å²) in [7, 11) is 1.91. The number of aryl methyl sites for hydroxylation is 1. The molecule has 1 N–H and O–H groups in total. The number of anilines is 1. The molecule has 0 aromatic carbocycles. The zero-order chi connectivity index (χ0) is 18.1. The monoisotopic (exact) mass is 348 g/mol. The molecule has 0 aliphatic heterocycles. The number of fused-ring (bicyclic) bond motifs is 1. The molecule has 26 heavy (non-hydrogen) atoms. The van der Waals surface area contributed by atoms with Crippen molar-refractivity contribution in [3.63, 3.8) is 0 Å². The van der Waals surface area contributed by atoms with Gasteiger partial charge in [-0.2, -0.15) is 5.10 Å². The predicted octanol–water partition coefficient (Wildman–Crippen LogP) is 2.81. The van der Waals surface area contributed by atoms with Crippen LogP contribution in [0.4, 0.5) is 5.69 Å². The second kappa shape index (κ2) is 6.55. The summed E-state index contributed by atoms with van der Waals surface area (Å²) in [5.41, 5.74) is 3.84. The smallest absolute Gasteiger partial charge is 0.165 e. The molecule has 0 atom stereocenters. The summed E-state index contributed by atoms with van der Waals surface area (Å²) in [6.07, 6.45) is 9.00. The molecule has 0 unspecified atom stereocenters. The zero-order valence-corrected chi connectivity index (χ0v) is 15.0. The van der Waals surface area contributed by atoms with Crippen LogP contribution < -0.4 is 5.32 Å². The number of nitrogens with zero attached hydrogens (tertiary/aromatic N) is 7. The van der Waals surface area contributed by atoms with Crippen LogP contribution in [0, 0.1) is 0 Å². The Labute approximate surface area is 150 Å². The van der Waals surface area contributed by atoms with Gasteiger partial charge in [0.05, 0.1) is 11.9 Å². The molecule has 8 heteroatoms. The highest BCUT2D eigenvalue weighted by Gasteiger charge is 2.09. The fourth-order valence-electron chi connectivity index (χ4n) is 2.87. The van der Waals surface area contributed by atoms with E-state index in [0.717, 1.165) is 33.7 Å². The van der Waals surface area contributed by atoms with Crippen LogP contribution in [-0.4, -0.2) is 34.5 Å². The first kappa shape index (κ1) is 16.2. The van der Waals surface area contributed by atoms with E-state index in [4.69, 9.17) is 0 Å². The van der Waals surface area contributed by atoms with Crippen LogP contribution in [-0.2, 0) is 13.6 Å². The number of hydrogen-bond acceptors (Lipinski definition) is 6. The summed E-state index contributed by atoms with van der Waals surface area (Å²) >= 11 is 0. The molecule has 0 aliphatic carbocycles. The van der Waals surface area contributed by atoms with Gasteiger partial charge in [-0.25, -0.2) is 9.67 Å². The van der Waals surface area contributed by atoms with Gasteiger partial charge in [0.15, 0.2) is 11.5 Å². The maximum Gasteiger partial charge on any atom is 0.165 e. The van der Waals surface area contributed by atoms with Crippen molar-refractivity contribution in [2.45, 2.75) is 26.4 Å². The fourth-order valence-corrected chi connectivity index (χ4v) is 2.87. The summed E-state index contributed by atoms with van der Waals surface area (Å²) < 4.78 is 3.80. The molecule has 0 spiro atoms. The van der Waals surface area contributed by atoms with Crippen LogP contribution in [0.15, 0.2) is 43.2 Å². The molecule has 4 aromatic heterocycles. The molecule has 0 radical (unpaired) electrons. The van der Waals surface area contributed by atoms with Crippen LogP contribution >= 0.6 is 0 Å². The Morgan fingerprint density at radius 1 is 1.12 bits per heavy atom. The standard InChI is InChI=1S/C18H20N8/c1-12(2)26-17-14(9-23-26)4-13(7-21-17)6-20-16-5-15(8-19-10-16)18-24-22-11-25(18)3/h4-5,7-12,20H,6H2,1-3H3. The second-order valence-electron chi connectivity index (χ2n) is 6.52. The quantitative estimate of drug-likeness (QED) is 0.597. The first-order chi connectivity index (χ1) is 12.6. The van der Waals surface area contributed by atoms with Gasteiger partial charge in [0.2, 0.25) is 0 Å². The molecule has 0 amide bonds. The van der Waals surface area contributed by atoms with Gasteiger partial charge in [0.25, 0.3) is 0 Å². The minimum atomic E-state index is 0.290. The van der Waals surface area contributed by atoms with E-state index in [1.165, 1.54) is 0 Å². The SMILES string of the molecule is CC(C)n1ncc2cc(CNc3cncc(-c4nncn4C)c3)cnc21. The maximum absolute atomic E-state index is 4.57. The van der Waals surface area contributed by atoms with Gasteiger partial charge in [0.1, 0.15) is 6.33 Å². The van der Waals surface area contributed by atoms with Gasteiger partial charge in [0, 0.05) is 49.2 Å². The van der Waals surface area contributed by atoms with E-state index in [-0.39, 0.29) is 0 Å². The summed E-state index contributed by atoms with van der Waals surface area (Å²) in [5.74, 6) is 0.783. The lowest BCUT2D eigenvalue weighted by Crippen LogP contribution is -2.04. The van der Waals surface area contributed by atoms with Gasteiger partial charge >= 0.3 is 0 Å². The Kier molecular flexibility index (Phi) is 4.08. The maximum atomic E-state index is 4.57. The Morgan fingerprint density at radius 3 is 2.77 bits per heavy atom. The molecule has 0 saturated carbocycles. The van der Waals surface area contributed by atoms with E-state index >= 15 is 0 Å². The third kappa shape index (κ3) is 3.01. The van der Waals surface area contributed by atoms with Crippen molar-refractivity contribution in [2.24, 2.45) is 7.05 Å². The van der Waals surface area contributed by atoms with Crippen LogP contribution in [0.1, 0.15) is 25.5 Å². The molecule has 0 bridgehead atoms. The van der Waals surface area contributed by atoms with Crippen molar-refractivity contribution in [3.8, 4) is 11.4 Å². The number of rotatable bonds is 5.